The summed E-state index contributed by atoms with van der Waals surface area (Å²) in [7, 11) is -1.06. The number of imidazole rings is 1. The fraction of sp³-hybridized carbons (Fsp3) is 0.361. The molecule has 2 aliphatic rings. The molecule has 17 heteroatoms. The number of sulfone groups is 1. The maximum Gasteiger partial charge on any atom is 0.333 e. The Bertz CT molecular complexity index is 2470. The minimum absolute atomic E-state index is 0.0255. The Morgan fingerprint density at radius 1 is 1.04 bits per heavy atom. The largest absolute Gasteiger partial charge is 0.494 e. The number of benzene rings is 2. The molecule has 1 unspecified atom stereocenters. The predicted octanol–water partition coefficient (Wildman–Crippen LogP) is 1.23. The van der Waals surface area contributed by atoms with Crippen molar-refractivity contribution in [3.8, 4) is 17.6 Å². The number of fused-ring (bicyclic) bond motifs is 2. The third-order valence-corrected chi connectivity index (χ3v) is 10.2. The quantitative estimate of drug-likeness (QED) is 0.128. The van der Waals surface area contributed by atoms with Gasteiger partial charge in [-0.05, 0) is 56.0 Å². The molecule has 16 nitrogen and oxygen atoms in total. The normalized spacial score (nSPS) is 15.6. The summed E-state index contributed by atoms with van der Waals surface area (Å²) in [4.78, 5) is 80.9. The zero-order chi connectivity index (χ0) is 38.0. The molecular formula is C36H37N7O9S. The summed E-state index contributed by atoms with van der Waals surface area (Å²) < 4.78 is 33.5. The van der Waals surface area contributed by atoms with Crippen molar-refractivity contribution in [3.63, 3.8) is 0 Å². The van der Waals surface area contributed by atoms with Crippen LogP contribution in [0.3, 0.4) is 0 Å². The third kappa shape index (κ3) is 7.63. The lowest BCUT2D eigenvalue weighted by Gasteiger charge is -2.29. The molecule has 0 spiro atoms. The van der Waals surface area contributed by atoms with E-state index in [4.69, 9.17) is 4.74 Å². The van der Waals surface area contributed by atoms with Gasteiger partial charge in [0.25, 0.3) is 11.5 Å². The summed E-state index contributed by atoms with van der Waals surface area (Å²) in [6.07, 6.45) is 3.67. The molecule has 2 aliphatic heterocycles. The number of nitrogens with zero attached hydrogens (tertiary/aromatic N) is 5. The maximum atomic E-state index is 13.1. The smallest absolute Gasteiger partial charge is 0.333 e. The Morgan fingerprint density at radius 3 is 2.57 bits per heavy atom. The van der Waals surface area contributed by atoms with Crippen molar-refractivity contribution in [1.82, 2.24) is 28.9 Å². The molecule has 1 fully saturated rings. The van der Waals surface area contributed by atoms with Gasteiger partial charge >= 0.3 is 5.69 Å². The van der Waals surface area contributed by atoms with Crippen molar-refractivity contribution in [2.75, 3.05) is 18.2 Å². The molecule has 0 radical (unpaired) electrons. The Morgan fingerprint density at radius 2 is 1.81 bits per heavy atom. The lowest BCUT2D eigenvalue weighted by molar-refractivity contribution is -0.137. The van der Waals surface area contributed by atoms with E-state index in [1.807, 2.05) is 0 Å². The van der Waals surface area contributed by atoms with Crippen LogP contribution in [0, 0.1) is 11.8 Å². The fourth-order valence-corrected chi connectivity index (χ4v) is 7.28. The van der Waals surface area contributed by atoms with E-state index in [2.05, 4.69) is 27.5 Å². The van der Waals surface area contributed by atoms with Crippen LogP contribution < -0.4 is 26.6 Å². The van der Waals surface area contributed by atoms with Crippen LogP contribution in [0.15, 0.2) is 57.2 Å². The van der Waals surface area contributed by atoms with Crippen LogP contribution >= 0.6 is 0 Å². The molecule has 2 aromatic heterocycles. The van der Waals surface area contributed by atoms with Gasteiger partial charge in [0.15, 0.2) is 11.2 Å². The van der Waals surface area contributed by atoms with Gasteiger partial charge in [-0.15, -0.1) is 0 Å². The number of aromatic nitrogens is 4. The van der Waals surface area contributed by atoms with Gasteiger partial charge < -0.3 is 19.5 Å². The minimum Gasteiger partial charge on any atom is -0.494 e. The fourth-order valence-electron chi connectivity index (χ4n) is 6.44. The first-order valence-electron chi connectivity index (χ1n) is 16.9. The molecule has 0 saturated carbocycles. The number of carbonyl (C=O) groups excluding carboxylic acids is 4. The number of imide groups is 1. The van der Waals surface area contributed by atoms with E-state index in [9.17, 15) is 37.2 Å². The SMILES string of the molecule is Cn1c(=O)c2c(nc(S(C)(=O)=O)n2C)n(CC#Cc2cccc(OCCCCCC(=O)Nc3cccc4c3CN(C3CCC(=O)NC3=O)C4=O)c2)c1=O. The summed E-state index contributed by atoms with van der Waals surface area (Å²) in [5.41, 5.74) is 0.771. The molecular weight excluding hydrogens is 707 g/mol. The highest BCUT2D eigenvalue weighted by Gasteiger charge is 2.40. The Kier molecular flexibility index (Phi) is 10.3. The molecule has 2 aromatic carbocycles. The average Bonchev–Trinajstić information content (AvgIpc) is 3.64. The Balaban J connectivity index is 0.985. The van der Waals surface area contributed by atoms with Crippen LogP contribution in [0.5, 0.6) is 5.75 Å². The van der Waals surface area contributed by atoms with Gasteiger partial charge in [0.1, 0.15) is 11.8 Å². The van der Waals surface area contributed by atoms with Gasteiger partial charge in [-0.2, -0.15) is 4.98 Å². The van der Waals surface area contributed by atoms with E-state index in [-0.39, 0.29) is 66.4 Å². The number of aryl methyl sites for hydroxylation is 1. The number of hydrogen-bond acceptors (Lipinski definition) is 10. The first-order chi connectivity index (χ1) is 25.2. The first-order valence-corrected chi connectivity index (χ1v) is 18.8. The summed E-state index contributed by atoms with van der Waals surface area (Å²) in [6.45, 7) is 0.420. The molecule has 276 valence electrons. The molecule has 2 N–H and O–H groups in total. The topological polar surface area (TPSA) is 201 Å². The number of nitrogens with one attached hydrogen (secondary N) is 2. The molecule has 1 saturated heterocycles. The highest BCUT2D eigenvalue weighted by Crippen LogP contribution is 2.32. The van der Waals surface area contributed by atoms with Crippen LogP contribution in [0.4, 0.5) is 5.69 Å². The number of piperidine rings is 1. The Hall–Kier alpha value is -6.02. The van der Waals surface area contributed by atoms with Gasteiger partial charge in [0.2, 0.25) is 32.7 Å². The average molecular weight is 744 g/mol. The minimum atomic E-state index is -3.77. The zero-order valence-electron chi connectivity index (χ0n) is 29.3. The van der Waals surface area contributed by atoms with E-state index < -0.39 is 33.0 Å². The molecule has 53 heavy (non-hydrogen) atoms. The number of anilines is 1. The van der Waals surface area contributed by atoms with Crippen molar-refractivity contribution in [2.45, 2.75) is 62.8 Å². The third-order valence-electron chi connectivity index (χ3n) is 9.13. The van der Waals surface area contributed by atoms with Gasteiger partial charge in [0, 0.05) is 62.1 Å². The lowest BCUT2D eigenvalue weighted by Crippen LogP contribution is -2.52. The summed E-state index contributed by atoms with van der Waals surface area (Å²) in [6, 6.07) is 11.4. The van der Waals surface area contributed by atoms with E-state index in [0.29, 0.717) is 47.6 Å². The number of ether oxygens (including phenoxy) is 1. The van der Waals surface area contributed by atoms with Crippen LogP contribution in [-0.4, -0.2) is 74.5 Å². The summed E-state index contributed by atoms with van der Waals surface area (Å²) in [5.74, 6) is 5.10. The summed E-state index contributed by atoms with van der Waals surface area (Å²) >= 11 is 0. The highest BCUT2D eigenvalue weighted by molar-refractivity contribution is 7.90. The van der Waals surface area contributed by atoms with Crippen molar-refractivity contribution in [3.05, 3.63) is 80.0 Å². The van der Waals surface area contributed by atoms with Gasteiger partial charge in [-0.1, -0.05) is 24.0 Å². The van der Waals surface area contributed by atoms with Crippen molar-refractivity contribution in [2.24, 2.45) is 14.1 Å². The second-order valence-corrected chi connectivity index (χ2v) is 14.8. The van der Waals surface area contributed by atoms with Gasteiger partial charge in [-0.25, -0.2) is 13.2 Å². The number of hydrogen-bond donors (Lipinski definition) is 2. The van der Waals surface area contributed by atoms with E-state index in [0.717, 1.165) is 26.4 Å². The standard InChI is InChI=1S/C36H37N7O9S/c1-40-30-31(39-35(40)53(3,50)51)42(36(49)41(2)34(30)48)18-9-11-22-10-7-12-23(20-22)52-19-6-4-5-15-28(44)37-26-14-8-13-24-25(26)21-43(33(24)47)27-16-17-29(45)38-32(27)46/h7-8,10,12-14,20,27H,4-6,15-19,21H2,1-3H3,(H,37,44)(H,38,45,46). The van der Waals surface area contributed by atoms with E-state index >= 15 is 0 Å². The molecule has 4 amide bonds. The van der Waals surface area contributed by atoms with Crippen LogP contribution in [-0.2, 0) is 51.4 Å². The number of unbranched alkanes of at least 4 members (excludes halogenated alkanes) is 2. The number of amides is 4. The molecule has 6 rings (SSSR count). The highest BCUT2D eigenvalue weighted by atomic mass is 32.2. The lowest BCUT2D eigenvalue weighted by atomic mass is 10.0. The molecule has 4 aromatic rings. The monoisotopic (exact) mass is 743 g/mol. The zero-order valence-corrected chi connectivity index (χ0v) is 30.1. The van der Waals surface area contributed by atoms with Crippen LogP contribution in [0.1, 0.15) is 60.0 Å². The van der Waals surface area contributed by atoms with Crippen molar-refractivity contribution < 1.29 is 32.3 Å². The van der Waals surface area contributed by atoms with E-state index in [1.54, 1.807) is 42.5 Å². The maximum absolute atomic E-state index is 13.1. The number of rotatable bonds is 11. The predicted molar refractivity (Wildman–Crippen MR) is 192 cm³/mol. The second kappa shape index (κ2) is 14.9. The summed E-state index contributed by atoms with van der Waals surface area (Å²) in [5, 5.41) is 4.86. The molecule has 0 bridgehead atoms. The van der Waals surface area contributed by atoms with E-state index in [1.165, 1.54) is 19.0 Å². The number of carbonyl (C=O) groups is 4. The van der Waals surface area contributed by atoms with Crippen LogP contribution in [0.25, 0.3) is 11.2 Å². The van der Waals surface area contributed by atoms with Crippen molar-refractivity contribution in [1.29, 1.82) is 0 Å². The second-order valence-electron chi connectivity index (χ2n) is 12.9. The van der Waals surface area contributed by atoms with Gasteiger partial charge in [-0.3, -0.25) is 38.4 Å². The first kappa shape index (κ1) is 36.8. The van der Waals surface area contributed by atoms with Crippen molar-refractivity contribution >= 4 is 50.3 Å². The van der Waals surface area contributed by atoms with Crippen LogP contribution in [0.2, 0.25) is 0 Å². The van der Waals surface area contributed by atoms with Gasteiger partial charge in [0.05, 0.1) is 13.2 Å². The molecule has 0 aliphatic carbocycles. The molecule has 1 atom stereocenters. The molecule has 4 heterocycles. The Labute approximate surface area is 303 Å².